The Morgan fingerprint density at radius 3 is 2.73 bits per heavy atom. The van der Waals surface area contributed by atoms with Crippen LogP contribution in [-0.4, -0.2) is 22.6 Å². The third kappa shape index (κ3) is 2.65. The summed E-state index contributed by atoms with van der Waals surface area (Å²) in [5, 5.41) is 0.576. The number of hydrogen-bond donors (Lipinski definition) is 1. The summed E-state index contributed by atoms with van der Waals surface area (Å²) in [5.41, 5.74) is 9.38. The molecule has 3 aromatic rings. The van der Waals surface area contributed by atoms with E-state index in [4.69, 9.17) is 10.5 Å². The molecule has 0 radical (unpaired) electrons. The number of carbonyl (C=O) groups excluding carboxylic acids is 1. The van der Waals surface area contributed by atoms with Crippen LogP contribution in [-0.2, 0) is 11.3 Å². The maximum absolute atomic E-state index is 12.7. The summed E-state index contributed by atoms with van der Waals surface area (Å²) in [5.74, 6) is 0.304. The number of rotatable bonds is 2. The van der Waals surface area contributed by atoms with Crippen molar-refractivity contribution in [3.05, 3.63) is 69.8 Å². The predicted molar refractivity (Wildman–Crippen MR) is 101 cm³/mol. The third-order valence-electron chi connectivity index (χ3n) is 4.54. The molecule has 4 rings (SSSR count). The van der Waals surface area contributed by atoms with E-state index < -0.39 is 0 Å². The number of carbonyl (C=O) groups is 1. The number of ether oxygens (including phenoxy) is 1. The molecular formula is C20H17N3O3. The molecule has 6 nitrogen and oxygen atoms in total. The molecule has 2 heterocycles. The first-order chi connectivity index (χ1) is 12.6. The van der Waals surface area contributed by atoms with E-state index in [-0.39, 0.29) is 11.5 Å². The number of fused-ring (bicyclic) bond motifs is 2. The molecule has 6 heteroatoms. The van der Waals surface area contributed by atoms with Gasteiger partial charge < -0.3 is 10.5 Å². The monoisotopic (exact) mass is 347 g/mol. The minimum absolute atomic E-state index is 0.0468. The molecule has 0 saturated carbocycles. The largest absolute Gasteiger partial charge is 0.465 e. The second kappa shape index (κ2) is 6.15. The van der Waals surface area contributed by atoms with Crippen LogP contribution in [0.4, 0.5) is 5.69 Å². The first-order valence-corrected chi connectivity index (χ1v) is 8.26. The number of benzene rings is 2. The highest BCUT2D eigenvalue weighted by atomic mass is 16.5. The van der Waals surface area contributed by atoms with Gasteiger partial charge in [0, 0.05) is 12.2 Å². The first kappa shape index (κ1) is 16.1. The van der Waals surface area contributed by atoms with Crippen LogP contribution < -0.4 is 11.3 Å². The minimum Gasteiger partial charge on any atom is -0.465 e. The van der Waals surface area contributed by atoms with Gasteiger partial charge in [0.05, 0.1) is 23.6 Å². The van der Waals surface area contributed by atoms with Crippen molar-refractivity contribution in [2.45, 2.75) is 13.0 Å². The number of aromatic nitrogens is 2. The third-order valence-corrected chi connectivity index (χ3v) is 4.54. The van der Waals surface area contributed by atoms with E-state index in [1.165, 1.54) is 7.11 Å². The molecule has 1 aromatic heterocycles. The van der Waals surface area contributed by atoms with Crippen molar-refractivity contribution in [2.75, 3.05) is 12.8 Å². The van der Waals surface area contributed by atoms with Crippen LogP contribution in [0.3, 0.4) is 0 Å². The van der Waals surface area contributed by atoms with E-state index in [1.807, 2.05) is 18.2 Å². The number of methoxy groups -OCH3 is 1. The van der Waals surface area contributed by atoms with Gasteiger partial charge in [0.2, 0.25) is 0 Å². The van der Waals surface area contributed by atoms with Gasteiger partial charge in [-0.1, -0.05) is 12.1 Å². The molecular weight excluding hydrogens is 330 g/mol. The summed E-state index contributed by atoms with van der Waals surface area (Å²) in [4.78, 5) is 28.9. The molecule has 2 N–H and O–H groups in total. The van der Waals surface area contributed by atoms with E-state index in [9.17, 15) is 9.59 Å². The van der Waals surface area contributed by atoms with Crippen LogP contribution >= 0.6 is 0 Å². The lowest BCUT2D eigenvalue weighted by Gasteiger charge is -2.06. The highest BCUT2D eigenvalue weighted by Crippen LogP contribution is 2.28. The van der Waals surface area contributed by atoms with Crippen LogP contribution in [0.25, 0.3) is 22.6 Å². The number of nitrogen functional groups attached to an aromatic ring is 1. The Morgan fingerprint density at radius 2 is 2.00 bits per heavy atom. The Hall–Kier alpha value is -3.41. The first-order valence-electron chi connectivity index (χ1n) is 8.26. The molecule has 2 aromatic carbocycles. The Morgan fingerprint density at radius 1 is 1.23 bits per heavy atom. The average molecular weight is 347 g/mol. The summed E-state index contributed by atoms with van der Waals surface area (Å²) in [6.07, 6.45) is 2.72. The molecule has 130 valence electrons. The summed E-state index contributed by atoms with van der Waals surface area (Å²) >= 11 is 0. The minimum atomic E-state index is -0.368. The van der Waals surface area contributed by atoms with Crippen molar-refractivity contribution in [3.63, 3.8) is 0 Å². The zero-order valence-corrected chi connectivity index (χ0v) is 14.2. The van der Waals surface area contributed by atoms with Gasteiger partial charge in [0.25, 0.3) is 5.56 Å². The SMILES string of the molecule is COC(=O)c1ccc(/C=C2\CCn3c2nc2cc(N)ccc2c3=O)cc1. The summed E-state index contributed by atoms with van der Waals surface area (Å²) < 4.78 is 6.41. The molecule has 0 fully saturated rings. The van der Waals surface area contributed by atoms with Gasteiger partial charge in [0.1, 0.15) is 5.82 Å². The van der Waals surface area contributed by atoms with Crippen molar-refractivity contribution in [1.82, 2.24) is 9.55 Å². The van der Waals surface area contributed by atoms with Crippen molar-refractivity contribution in [2.24, 2.45) is 0 Å². The number of esters is 1. The fourth-order valence-electron chi connectivity index (χ4n) is 3.21. The zero-order chi connectivity index (χ0) is 18.3. The quantitative estimate of drug-likeness (QED) is 0.569. The highest BCUT2D eigenvalue weighted by Gasteiger charge is 2.20. The molecule has 0 saturated heterocycles. The fourth-order valence-corrected chi connectivity index (χ4v) is 3.21. The lowest BCUT2D eigenvalue weighted by Crippen LogP contribution is -2.20. The Labute approximate surface area is 149 Å². The number of anilines is 1. The van der Waals surface area contributed by atoms with E-state index >= 15 is 0 Å². The van der Waals surface area contributed by atoms with Crippen molar-refractivity contribution in [3.8, 4) is 0 Å². The molecule has 26 heavy (non-hydrogen) atoms. The summed E-state index contributed by atoms with van der Waals surface area (Å²) in [7, 11) is 1.36. The van der Waals surface area contributed by atoms with Crippen LogP contribution in [0.2, 0.25) is 0 Å². The lowest BCUT2D eigenvalue weighted by atomic mass is 10.1. The van der Waals surface area contributed by atoms with E-state index in [2.05, 4.69) is 4.98 Å². The van der Waals surface area contributed by atoms with Gasteiger partial charge in [-0.2, -0.15) is 0 Å². The predicted octanol–water partition coefficient (Wildman–Crippen LogP) is 2.71. The molecule has 0 bridgehead atoms. The number of nitrogens with zero attached hydrogens (tertiary/aromatic N) is 2. The van der Waals surface area contributed by atoms with Gasteiger partial charge in [-0.25, -0.2) is 9.78 Å². The molecule has 0 amide bonds. The standard InChI is InChI=1S/C20H17N3O3/c1-26-20(25)13-4-2-12(3-5-13)10-14-8-9-23-18(14)22-17-11-15(21)6-7-16(17)19(23)24/h2-7,10-11H,8-9,21H2,1H3/b14-10+. The molecule has 1 aliphatic heterocycles. The van der Waals surface area contributed by atoms with Gasteiger partial charge in [-0.05, 0) is 54.0 Å². The molecule has 0 aliphatic carbocycles. The Kier molecular flexibility index (Phi) is 3.80. The second-order valence-corrected chi connectivity index (χ2v) is 6.20. The number of allylic oxidation sites excluding steroid dienone is 1. The summed E-state index contributed by atoms with van der Waals surface area (Å²) in [6, 6.07) is 12.3. The number of hydrogen-bond acceptors (Lipinski definition) is 5. The van der Waals surface area contributed by atoms with Gasteiger partial charge in [-0.15, -0.1) is 0 Å². The smallest absolute Gasteiger partial charge is 0.337 e. The van der Waals surface area contributed by atoms with Crippen LogP contribution in [0.15, 0.2) is 47.3 Å². The van der Waals surface area contributed by atoms with Gasteiger partial charge in [0.15, 0.2) is 0 Å². The fraction of sp³-hybridized carbons (Fsp3) is 0.150. The zero-order valence-electron chi connectivity index (χ0n) is 14.2. The van der Waals surface area contributed by atoms with Crippen molar-refractivity contribution < 1.29 is 9.53 Å². The molecule has 1 aliphatic rings. The number of nitrogens with two attached hydrogens (primary N) is 1. The van der Waals surface area contributed by atoms with E-state index in [0.29, 0.717) is 34.5 Å². The molecule has 0 atom stereocenters. The molecule has 0 spiro atoms. The van der Waals surface area contributed by atoms with E-state index in [0.717, 1.165) is 17.6 Å². The maximum Gasteiger partial charge on any atom is 0.337 e. The van der Waals surface area contributed by atoms with Crippen LogP contribution in [0.1, 0.15) is 28.2 Å². The lowest BCUT2D eigenvalue weighted by molar-refractivity contribution is 0.0600. The summed E-state index contributed by atoms with van der Waals surface area (Å²) in [6.45, 7) is 0.605. The Bertz CT molecular complexity index is 1110. The van der Waals surface area contributed by atoms with Gasteiger partial charge in [-0.3, -0.25) is 9.36 Å². The van der Waals surface area contributed by atoms with Gasteiger partial charge >= 0.3 is 5.97 Å². The van der Waals surface area contributed by atoms with Crippen molar-refractivity contribution in [1.29, 1.82) is 0 Å². The normalized spacial score (nSPS) is 14.6. The average Bonchev–Trinajstić information content (AvgIpc) is 3.04. The Balaban J connectivity index is 1.77. The second-order valence-electron chi connectivity index (χ2n) is 6.20. The molecule has 0 unspecified atom stereocenters. The van der Waals surface area contributed by atoms with E-state index in [1.54, 1.807) is 34.9 Å². The topological polar surface area (TPSA) is 87.2 Å². The maximum atomic E-state index is 12.7. The van der Waals surface area contributed by atoms with Crippen LogP contribution in [0.5, 0.6) is 0 Å². The highest BCUT2D eigenvalue weighted by molar-refractivity contribution is 5.90. The van der Waals surface area contributed by atoms with Crippen LogP contribution in [0, 0.1) is 0 Å². The van der Waals surface area contributed by atoms with Crippen molar-refractivity contribution >= 4 is 34.2 Å².